The summed E-state index contributed by atoms with van der Waals surface area (Å²) in [5.74, 6) is 0.112. The van der Waals surface area contributed by atoms with Crippen molar-refractivity contribution in [1.29, 1.82) is 0 Å². The van der Waals surface area contributed by atoms with Crippen LogP contribution < -0.4 is 0 Å². The van der Waals surface area contributed by atoms with E-state index in [-0.39, 0.29) is 11.3 Å². The van der Waals surface area contributed by atoms with Crippen LogP contribution in [0.2, 0.25) is 0 Å². The molecule has 1 saturated heterocycles. The SMILES string of the molecule is CN1C(=O)CC2(CCCC2)CC1O. The van der Waals surface area contributed by atoms with Gasteiger partial charge in [-0.3, -0.25) is 4.79 Å². The summed E-state index contributed by atoms with van der Waals surface area (Å²) in [5.41, 5.74) is 0.156. The van der Waals surface area contributed by atoms with Crippen LogP contribution in [-0.4, -0.2) is 29.2 Å². The summed E-state index contributed by atoms with van der Waals surface area (Å²) in [7, 11) is 1.69. The smallest absolute Gasteiger partial charge is 0.224 e. The van der Waals surface area contributed by atoms with E-state index >= 15 is 0 Å². The molecule has 13 heavy (non-hydrogen) atoms. The number of hydrogen-bond donors (Lipinski definition) is 1. The molecule has 0 aromatic carbocycles. The first kappa shape index (κ1) is 9.00. The Kier molecular flexibility index (Phi) is 2.06. The summed E-state index contributed by atoms with van der Waals surface area (Å²) in [5, 5.41) is 9.68. The maximum Gasteiger partial charge on any atom is 0.224 e. The largest absolute Gasteiger partial charge is 0.374 e. The van der Waals surface area contributed by atoms with Crippen LogP contribution in [0, 0.1) is 5.41 Å². The van der Waals surface area contributed by atoms with Crippen molar-refractivity contribution in [3.63, 3.8) is 0 Å². The molecule has 1 spiro atoms. The van der Waals surface area contributed by atoms with Gasteiger partial charge in [-0.1, -0.05) is 12.8 Å². The van der Waals surface area contributed by atoms with E-state index in [4.69, 9.17) is 0 Å². The zero-order valence-corrected chi connectivity index (χ0v) is 8.12. The molecule has 0 aromatic heterocycles. The van der Waals surface area contributed by atoms with Gasteiger partial charge in [0.1, 0.15) is 6.23 Å². The van der Waals surface area contributed by atoms with Gasteiger partial charge in [0.15, 0.2) is 0 Å². The summed E-state index contributed by atoms with van der Waals surface area (Å²) >= 11 is 0. The highest BCUT2D eigenvalue weighted by Gasteiger charge is 2.43. The highest BCUT2D eigenvalue weighted by atomic mass is 16.3. The van der Waals surface area contributed by atoms with E-state index in [2.05, 4.69) is 0 Å². The van der Waals surface area contributed by atoms with Crippen molar-refractivity contribution in [2.45, 2.75) is 44.8 Å². The molecular formula is C10H17NO2. The van der Waals surface area contributed by atoms with Gasteiger partial charge in [-0.2, -0.15) is 0 Å². The molecule has 74 valence electrons. The van der Waals surface area contributed by atoms with Crippen LogP contribution in [0.1, 0.15) is 38.5 Å². The Morgan fingerprint density at radius 1 is 1.46 bits per heavy atom. The topological polar surface area (TPSA) is 40.5 Å². The van der Waals surface area contributed by atoms with Crippen LogP contribution in [-0.2, 0) is 4.79 Å². The minimum absolute atomic E-state index is 0.112. The Bertz CT molecular complexity index is 221. The van der Waals surface area contributed by atoms with Gasteiger partial charge in [0.2, 0.25) is 5.91 Å². The lowest BCUT2D eigenvalue weighted by Gasteiger charge is -2.40. The molecule has 1 unspecified atom stereocenters. The van der Waals surface area contributed by atoms with Gasteiger partial charge in [-0.25, -0.2) is 0 Å². The molecule has 2 aliphatic rings. The van der Waals surface area contributed by atoms with Gasteiger partial charge >= 0.3 is 0 Å². The number of likely N-dealkylation sites (tertiary alicyclic amines) is 1. The van der Waals surface area contributed by atoms with Gasteiger partial charge in [-0.15, -0.1) is 0 Å². The monoisotopic (exact) mass is 183 g/mol. The first-order valence-electron chi connectivity index (χ1n) is 5.07. The van der Waals surface area contributed by atoms with E-state index in [9.17, 15) is 9.90 Å². The number of hydrogen-bond acceptors (Lipinski definition) is 2. The molecular weight excluding hydrogens is 166 g/mol. The van der Waals surface area contributed by atoms with Crippen molar-refractivity contribution in [2.24, 2.45) is 5.41 Å². The summed E-state index contributed by atoms with van der Waals surface area (Å²) in [6.07, 6.45) is 5.61. The number of rotatable bonds is 0. The predicted octanol–water partition coefficient (Wildman–Crippen LogP) is 1.12. The average molecular weight is 183 g/mol. The molecule has 1 amide bonds. The molecule has 3 heteroatoms. The standard InChI is InChI=1S/C10H17NO2/c1-11-8(12)6-10(7-9(11)13)4-2-3-5-10/h8,12H,2-7H2,1H3. The average Bonchev–Trinajstić information content (AvgIpc) is 2.49. The van der Waals surface area contributed by atoms with Crippen LogP contribution in [0.15, 0.2) is 0 Å². The number of carbonyl (C=O) groups excluding carboxylic acids is 1. The zero-order valence-electron chi connectivity index (χ0n) is 8.12. The Labute approximate surface area is 78.7 Å². The molecule has 1 aliphatic carbocycles. The molecule has 2 rings (SSSR count). The lowest BCUT2D eigenvalue weighted by atomic mass is 9.76. The second kappa shape index (κ2) is 2.98. The Morgan fingerprint density at radius 2 is 2.08 bits per heavy atom. The van der Waals surface area contributed by atoms with Crippen LogP contribution in [0.5, 0.6) is 0 Å². The third kappa shape index (κ3) is 1.46. The lowest BCUT2D eigenvalue weighted by molar-refractivity contribution is -0.152. The molecule has 1 N–H and O–H groups in total. The van der Waals surface area contributed by atoms with Gasteiger partial charge in [0, 0.05) is 13.5 Å². The Morgan fingerprint density at radius 3 is 2.62 bits per heavy atom. The molecule has 1 atom stereocenters. The number of carbonyl (C=O) groups is 1. The molecule has 0 bridgehead atoms. The van der Waals surface area contributed by atoms with Gasteiger partial charge in [0.25, 0.3) is 0 Å². The summed E-state index contributed by atoms with van der Waals surface area (Å²) < 4.78 is 0. The fourth-order valence-electron chi connectivity index (χ4n) is 2.71. The number of piperidine rings is 1. The summed E-state index contributed by atoms with van der Waals surface area (Å²) in [6, 6.07) is 0. The predicted molar refractivity (Wildman–Crippen MR) is 48.9 cm³/mol. The van der Waals surface area contributed by atoms with Crippen LogP contribution in [0.4, 0.5) is 0 Å². The van der Waals surface area contributed by atoms with Crippen LogP contribution in [0.25, 0.3) is 0 Å². The van der Waals surface area contributed by atoms with Crippen LogP contribution in [0.3, 0.4) is 0 Å². The highest BCUT2D eigenvalue weighted by Crippen LogP contribution is 2.47. The maximum atomic E-state index is 11.5. The minimum atomic E-state index is -0.542. The van der Waals surface area contributed by atoms with Crippen molar-refractivity contribution < 1.29 is 9.90 Å². The molecule has 3 nitrogen and oxygen atoms in total. The maximum absolute atomic E-state index is 11.5. The number of amides is 1. The Hall–Kier alpha value is -0.570. The van der Waals surface area contributed by atoms with Crippen molar-refractivity contribution in [3.05, 3.63) is 0 Å². The normalized spacial score (nSPS) is 32.9. The number of nitrogens with zero attached hydrogens (tertiary/aromatic N) is 1. The van der Waals surface area contributed by atoms with Crippen molar-refractivity contribution in [1.82, 2.24) is 4.90 Å². The summed E-state index contributed by atoms with van der Waals surface area (Å²) in [4.78, 5) is 13.0. The Balaban J connectivity index is 2.12. The fourth-order valence-corrected chi connectivity index (χ4v) is 2.71. The van der Waals surface area contributed by atoms with Crippen molar-refractivity contribution in [3.8, 4) is 0 Å². The first-order valence-corrected chi connectivity index (χ1v) is 5.07. The molecule has 1 aliphatic heterocycles. The second-order valence-corrected chi connectivity index (χ2v) is 4.57. The quantitative estimate of drug-likeness (QED) is 0.611. The van der Waals surface area contributed by atoms with E-state index in [1.54, 1.807) is 7.05 Å². The third-order valence-electron chi connectivity index (χ3n) is 3.65. The van der Waals surface area contributed by atoms with Gasteiger partial charge in [-0.05, 0) is 24.7 Å². The van der Waals surface area contributed by atoms with Gasteiger partial charge < -0.3 is 10.0 Å². The van der Waals surface area contributed by atoms with Crippen molar-refractivity contribution in [2.75, 3.05) is 7.05 Å². The van der Waals surface area contributed by atoms with Crippen LogP contribution >= 0.6 is 0 Å². The molecule has 1 heterocycles. The first-order chi connectivity index (χ1) is 6.13. The highest BCUT2D eigenvalue weighted by molar-refractivity contribution is 5.77. The van der Waals surface area contributed by atoms with Gasteiger partial charge in [0.05, 0.1) is 0 Å². The molecule has 0 radical (unpaired) electrons. The van der Waals surface area contributed by atoms with E-state index in [0.717, 1.165) is 19.3 Å². The van der Waals surface area contributed by atoms with E-state index in [1.807, 2.05) is 0 Å². The van der Waals surface area contributed by atoms with E-state index in [0.29, 0.717) is 6.42 Å². The third-order valence-corrected chi connectivity index (χ3v) is 3.65. The second-order valence-electron chi connectivity index (χ2n) is 4.57. The molecule has 2 fully saturated rings. The number of aliphatic hydroxyl groups is 1. The van der Waals surface area contributed by atoms with E-state index in [1.165, 1.54) is 17.7 Å². The lowest BCUT2D eigenvalue weighted by Crippen LogP contribution is -2.47. The van der Waals surface area contributed by atoms with E-state index < -0.39 is 6.23 Å². The minimum Gasteiger partial charge on any atom is -0.374 e. The fraction of sp³-hybridized carbons (Fsp3) is 0.900. The molecule has 0 aromatic rings. The zero-order chi connectivity index (χ0) is 9.47. The summed E-state index contributed by atoms with van der Waals surface area (Å²) in [6.45, 7) is 0. The molecule has 1 saturated carbocycles. The number of aliphatic hydroxyl groups excluding tert-OH is 1. The van der Waals surface area contributed by atoms with Crippen molar-refractivity contribution >= 4 is 5.91 Å².